The van der Waals surface area contributed by atoms with E-state index < -0.39 is 0 Å². The quantitative estimate of drug-likeness (QED) is 0.816. The molecule has 0 aromatic carbocycles. The van der Waals surface area contributed by atoms with Gasteiger partial charge in [0.2, 0.25) is 5.91 Å². The van der Waals surface area contributed by atoms with Gasteiger partial charge in [0.25, 0.3) is 0 Å². The summed E-state index contributed by atoms with van der Waals surface area (Å²) >= 11 is 0. The van der Waals surface area contributed by atoms with Crippen LogP contribution in [0.3, 0.4) is 0 Å². The van der Waals surface area contributed by atoms with Crippen molar-refractivity contribution in [2.24, 2.45) is 5.73 Å². The number of halogens is 2. The molecule has 0 radical (unpaired) electrons. The number of nitrogens with one attached hydrogen (secondary N) is 1. The van der Waals surface area contributed by atoms with Crippen molar-refractivity contribution in [1.29, 1.82) is 0 Å². The molecule has 0 saturated carbocycles. The fourth-order valence-corrected chi connectivity index (χ4v) is 3.06. The van der Waals surface area contributed by atoms with Gasteiger partial charge in [0.15, 0.2) is 0 Å². The number of nitrogens with two attached hydrogens (primary N) is 1. The number of rotatable bonds is 5. The van der Waals surface area contributed by atoms with Gasteiger partial charge in [0, 0.05) is 32.4 Å². The van der Waals surface area contributed by atoms with Gasteiger partial charge < -0.3 is 20.7 Å². The van der Waals surface area contributed by atoms with Crippen LogP contribution in [0, 0.1) is 0 Å². The number of carbonyl (C=O) groups is 1. The molecule has 0 spiro atoms. The van der Waals surface area contributed by atoms with E-state index in [0.717, 1.165) is 37.3 Å². The first-order valence-electron chi connectivity index (χ1n) is 8.09. The van der Waals surface area contributed by atoms with Crippen LogP contribution in [0.5, 0.6) is 0 Å². The number of anilines is 1. The van der Waals surface area contributed by atoms with E-state index in [1.54, 1.807) is 0 Å². The predicted molar refractivity (Wildman–Crippen MR) is 99.0 cm³/mol. The Labute approximate surface area is 155 Å². The van der Waals surface area contributed by atoms with Crippen molar-refractivity contribution < 1.29 is 9.53 Å². The lowest BCUT2D eigenvalue weighted by Gasteiger charge is -2.17. The van der Waals surface area contributed by atoms with Crippen molar-refractivity contribution in [3.05, 3.63) is 23.9 Å². The largest absolute Gasteiger partial charge is 0.364 e. The Morgan fingerprint density at radius 3 is 2.75 bits per heavy atom. The molecule has 1 amide bonds. The first kappa shape index (κ1) is 21.0. The van der Waals surface area contributed by atoms with Gasteiger partial charge in [-0.05, 0) is 43.4 Å². The number of carbonyl (C=O) groups excluding carboxylic acids is 1. The van der Waals surface area contributed by atoms with E-state index >= 15 is 0 Å². The maximum atomic E-state index is 12.1. The molecular weight excluding hydrogens is 351 g/mol. The molecule has 6 nitrogen and oxygen atoms in total. The number of pyridine rings is 1. The summed E-state index contributed by atoms with van der Waals surface area (Å²) in [7, 11) is 0. The summed E-state index contributed by atoms with van der Waals surface area (Å²) in [4.78, 5) is 18.8. The monoisotopic (exact) mass is 376 g/mol. The summed E-state index contributed by atoms with van der Waals surface area (Å²) in [5, 5.41) is 2.95. The van der Waals surface area contributed by atoms with Gasteiger partial charge in [0.05, 0.1) is 6.10 Å². The highest BCUT2D eigenvalue weighted by atomic mass is 35.5. The second-order valence-corrected chi connectivity index (χ2v) is 5.99. The van der Waals surface area contributed by atoms with Crippen molar-refractivity contribution >= 4 is 36.5 Å². The molecule has 3 heterocycles. The molecule has 3 N–H and O–H groups in total. The highest BCUT2D eigenvalue weighted by Crippen LogP contribution is 2.20. The Balaban J connectivity index is 0.00000144. The maximum absolute atomic E-state index is 12.1. The standard InChI is InChI=1S/C16H24N4O2.2ClH/c17-10-13-3-4-14(22-13)16(21)19-11-12-5-6-18-15(9-12)20-7-1-2-8-20;;/h5-6,9,13-14H,1-4,7-8,10-11,17H2,(H,19,21);2*1H/t13-,14+;;/m1../s1. The first-order chi connectivity index (χ1) is 10.8. The number of ether oxygens (including phenoxy) is 1. The Hall–Kier alpha value is -1.08. The lowest BCUT2D eigenvalue weighted by atomic mass is 10.2. The predicted octanol–water partition coefficient (Wildman–Crippen LogP) is 1.65. The van der Waals surface area contributed by atoms with E-state index in [0.29, 0.717) is 13.1 Å². The maximum Gasteiger partial charge on any atom is 0.249 e. The van der Waals surface area contributed by atoms with Crippen molar-refractivity contribution in [3.8, 4) is 0 Å². The van der Waals surface area contributed by atoms with Crippen molar-refractivity contribution in [3.63, 3.8) is 0 Å². The highest BCUT2D eigenvalue weighted by Gasteiger charge is 2.29. The zero-order chi connectivity index (χ0) is 15.4. The molecule has 2 aliphatic rings. The normalized spacial score (nSPS) is 22.6. The topological polar surface area (TPSA) is 80.5 Å². The van der Waals surface area contributed by atoms with Gasteiger partial charge >= 0.3 is 0 Å². The van der Waals surface area contributed by atoms with E-state index in [4.69, 9.17) is 10.5 Å². The number of hydrogen-bond donors (Lipinski definition) is 2. The number of hydrogen-bond acceptors (Lipinski definition) is 5. The van der Waals surface area contributed by atoms with Crippen LogP contribution >= 0.6 is 24.8 Å². The van der Waals surface area contributed by atoms with Crippen LogP contribution in [0.4, 0.5) is 5.82 Å². The van der Waals surface area contributed by atoms with Crippen molar-refractivity contribution in [2.75, 3.05) is 24.5 Å². The lowest BCUT2D eigenvalue weighted by molar-refractivity contribution is -0.132. The Morgan fingerprint density at radius 1 is 1.33 bits per heavy atom. The minimum absolute atomic E-state index is 0. The van der Waals surface area contributed by atoms with Crippen LogP contribution in [0.2, 0.25) is 0 Å². The van der Waals surface area contributed by atoms with Crippen molar-refractivity contribution in [2.45, 2.75) is 44.4 Å². The first-order valence-corrected chi connectivity index (χ1v) is 8.09. The van der Waals surface area contributed by atoms with Gasteiger partial charge in [0.1, 0.15) is 11.9 Å². The Kier molecular flexibility index (Phi) is 8.76. The van der Waals surface area contributed by atoms with E-state index in [1.165, 1.54) is 12.8 Å². The van der Waals surface area contributed by atoms with Crippen LogP contribution in [-0.4, -0.2) is 42.7 Å². The smallest absolute Gasteiger partial charge is 0.249 e. The van der Waals surface area contributed by atoms with Crippen LogP contribution < -0.4 is 16.0 Å². The van der Waals surface area contributed by atoms with E-state index in [2.05, 4.69) is 21.3 Å². The molecule has 2 fully saturated rings. The summed E-state index contributed by atoms with van der Waals surface area (Å²) in [5.74, 6) is 0.958. The lowest BCUT2D eigenvalue weighted by Crippen LogP contribution is -2.35. The van der Waals surface area contributed by atoms with Crippen LogP contribution in [0.15, 0.2) is 18.3 Å². The van der Waals surface area contributed by atoms with E-state index in [1.807, 2.05) is 12.3 Å². The SMILES string of the molecule is Cl.Cl.NC[C@H]1CC[C@@H](C(=O)NCc2ccnc(N3CCCC3)c2)O1. The second-order valence-electron chi connectivity index (χ2n) is 5.99. The van der Waals surface area contributed by atoms with Gasteiger partial charge in [-0.1, -0.05) is 0 Å². The molecule has 0 bridgehead atoms. The average molecular weight is 377 g/mol. The zero-order valence-corrected chi connectivity index (χ0v) is 15.3. The molecule has 3 rings (SSSR count). The summed E-state index contributed by atoms with van der Waals surface area (Å²) in [5.41, 5.74) is 6.64. The number of aromatic nitrogens is 1. The minimum Gasteiger partial charge on any atom is -0.364 e. The minimum atomic E-state index is -0.353. The zero-order valence-electron chi connectivity index (χ0n) is 13.6. The summed E-state index contributed by atoms with van der Waals surface area (Å²) < 4.78 is 5.61. The molecular formula is C16H26Cl2N4O2. The second kappa shape index (κ2) is 10.0. The van der Waals surface area contributed by atoms with E-state index in [-0.39, 0.29) is 42.9 Å². The van der Waals surface area contributed by atoms with Gasteiger partial charge in [-0.2, -0.15) is 0 Å². The molecule has 0 unspecified atom stereocenters. The number of amides is 1. The summed E-state index contributed by atoms with van der Waals surface area (Å²) in [6, 6.07) is 4.00. The Morgan fingerprint density at radius 2 is 2.08 bits per heavy atom. The molecule has 24 heavy (non-hydrogen) atoms. The molecule has 2 saturated heterocycles. The fraction of sp³-hybridized carbons (Fsp3) is 0.625. The van der Waals surface area contributed by atoms with Gasteiger partial charge in [-0.3, -0.25) is 4.79 Å². The van der Waals surface area contributed by atoms with Crippen LogP contribution in [0.25, 0.3) is 0 Å². The third-order valence-electron chi connectivity index (χ3n) is 4.37. The Bertz CT molecular complexity index is 527. The van der Waals surface area contributed by atoms with Gasteiger partial charge in [-0.15, -0.1) is 24.8 Å². The highest BCUT2D eigenvalue weighted by molar-refractivity contribution is 5.85. The molecule has 8 heteroatoms. The summed E-state index contributed by atoms with van der Waals surface area (Å²) in [6.07, 6.45) is 5.55. The third kappa shape index (κ3) is 5.21. The summed E-state index contributed by atoms with van der Waals surface area (Å²) in [6.45, 7) is 3.13. The molecule has 2 aliphatic heterocycles. The van der Waals surface area contributed by atoms with Gasteiger partial charge in [-0.25, -0.2) is 4.98 Å². The number of nitrogens with zero attached hydrogens (tertiary/aromatic N) is 2. The van der Waals surface area contributed by atoms with E-state index in [9.17, 15) is 4.79 Å². The molecule has 1 aromatic rings. The van der Waals surface area contributed by atoms with Crippen LogP contribution in [-0.2, 0) is 16.1 Å². The molecule has 2 atom stereocenters. The molecule has 0 aliphatic carbocycles. The molecule has 136 valence electrons. The van der Waals surface area contributed by atoms with Crippen LogP contribution in [0.1, 0.15) is 31.2 Å². The van der Waals surface area contributed by atoms with Crippen molar-refractivity contribution in [1.82, 2.24) is 10.3 Å². The third-order valence-corrected chi connectivity index (χ3v) is 4.37. The molecule has 1 aromatic heterocycles. The average Bonchev–Trinajstić information content (AvgIpc) is 3.24. The fourth-order valence-electron chi connectivity index (χ4n) is 3.06.